The van der Waals surface area contributed by atoms with Crippen LogP contribution >= 0.6 is 0 Å². The summed E-state index contributed by atoms with van der Waals surface area (Å²) in [6.07, 6.45) is 9.05. The third-order valence-electron chi connectivity index (χ3n) is 9.24. The van der Waals surface area contributed by atoms with Gasteiger partial charge in [0, 0.05) is 51.6 Å². The van der Waals surface area contributed by atoms with Crippen LogP contribution in [0.2, 0.25) is 0 Å². The largest absolute Gasteiger partial charge is 0.348 e. The number of benzene rings is 1. The van der Waals surface area contributed by atoms with Crippen molar-refractivity contribution in [2.75, 3.05) is 52.5 Å². The highest BCUT2D eigenvalue weighted by Gasteiger charge is 2.50. The van der Waals surface area contributed by atoms with E-state index in [0.29, 0.717) is 44.8 Å². The van der Waals surface area contributed by atoms with E-state index >= 15 is 0 Å². The molecule has 1 aromatic rings. The molecule has 1 saturated carbocycles. The second-order valence-corrected chi connectivity index (χ2v) is 12.0. The van der Waals surface area contributed by atoms with E-state index in [-0.39, 0.29) is 17.9 Å². The lowest BCUT2D eigenvalue weighted by Crippen LogP contribution is -2.58. The first kappa shape index (κ1) is 28.5. The molecule has 216 valence electrons. The van der Waals surface area contributed by atoms with E-state index in [1.807, 2.05) is 6.07 Å². The fraction of sp³-hybridized carbons (Fsp3) is 0.742. The minimum absolute atomic E-state index is 0.0247. The molecule has 0 unspecified atom stereocenters. The van der Waals surface area contributed by atoms with Crippen LogP contribution in [0.4, 0.5) is 4.79 Å². The molecule has 1 N–H and O–H groups in total. The van der Waals surface area contributed by atoms with E-state index in [1.165, 1.54) is 29.7 Å². The van der Waals surface area contributed by atoms with Gasteiger partial charge in [-0.1, -0.05) is 50.1 Å². The Hall–Kier alpha value is -2.00. The van der Waals surface area contributed by atoms with Crippen molar-refractivity contribution in [1.82, 2.24) is 20.0 Å². The Bertz CT molecular complexity index is 932. The van der Waals surface area contributed by atoms with Crippen LogP contribution in [0.25, 0.3) is 0 Å². The molecule has 4 aliphatic rings. The highest BCUT2D eigenvalue weighted by atomic mass is 16.7. The molecule has 1 aliphatic carbocycles. The lowest BCUT2D eigenvalue weighted by Gasteiger charge is -2.50. The SMILES string of the molecule is CCCCN(C(=O)NCCN1CCCCC1)C(=O)[C@@H]1C[C@@H]2CC3(CC[C@H]2N(Cc2ccccc2)C1)OCCO3. The van der Waals surface area contributed by atoms with E-state index in [1.54, 1.807) is 0 Å². The zero-order chi connectivity index (χ0) is 27.1. The lowest BCUT2D eigenvalue weighted by atomic mass is 9.72. The minimum Gasteiger partial charge on any atom is -0.348 e. The van der Waals surface area contributed by atoms with Crippen LogP contribution < -0.4 is 5.32 Å². The number of unbranched alkanes of at least 4 members (excludes halogenated alkanes) is 1. The summed E-state index contributed by atoms with van der Waals surface area (Å²) >= 11 is 0. The van der Waals surface area contributed by atoms with Crippen LogP contribution in [-0.4, -0.2) is 90.9 Å². The van der Waals surface area contributed by atoms with Gasteiger partial charge in [0.15, 0.2) is 5.79 Å². The van der Waals surface area contributed by atoms with Crippen molar-refractivity contribution in [2.24, 2.45) is 11.8 Å². The van der Waals surface area contributed by atoms with Gasteiger partial charge in [-0.05, 0) is 56.7 Å². The quantitative estimate of drug-likeness (QED) is 0.505. The molecule has 1 spiro atoms. The van der Waals surface area contributed by atoms with Gasteiger partial charge in [-0.2, -0.15) is 0 Å². The molecular weight excluding hydrogens is 492 g/mol. The van der Waals surface area contributed by atoms with Crippen LogP contribution in [0.1, 0.15) is 70.3 Å². The fourth-order valence-corrected chi connectivity index (χ4v) is 7.21. The average molecular weight is 541 g/mol. The molecule has 3 aliphatic heterocycles. The topological polar surface area (TPSA) is 74.4 Å². The van der Waals surface area contributed by atoms with Crippen molar-refractivity contribution in [3.8, 4) is 0 Å². The van der Waals surface area contributed by atoms with Gasteiger partial charge < -0.3 is 19.7 Å². The van der Waals surface area contributed by atoms with Crippen molar-refractivity contribution < 1.29 is 19.1 Å². The number of carbonyl (C=O) groups is 2. The highest BCUT2D eigenvalue weighted by molar-refractivity contribution is 5.95. The number of hydrogen-bond donors (Lipinski definition) is 1. The van der Waals surface area contributed by atoms with Crippen molar-refractivity contribution >= 4 is 11.9 Å². The maximum absolute atomic E-state index is 14.1. The number of likely N-dealkylation sites (tertiary alicyclic amines) is 2. The molecule has 8 heteroatoms. The third-order valence-corrected chi connectivity index (χ3v) is 9.24. The van der Waals surface area contributed by atoms with Crippen molar-refractivity contribution in [3.05, 3.63) is 35.9 Å². The molecule has 3 heterocycles. The maximum Gasteiger partial charge on any atom is 0.324 e. The molecule has 0 radical (unpaired) electrons. The fourth-order valence-electron chi connectivity index (χ4n) is 7.21. The number of nitrogens with zero attached hydrogens (tertiary/aromatic N) is 3. The Labute approximate surface area is 234 Å². The van der Waals surface area contributed by atoms with Gasteiger partial charge in [-0.15, -0.1) is 0 Å². The second-order valence-electron chi connectivity index (χ2n) is 12.0. The molecule has 4 fully saturated rings. The Balaban J connectivity index is 1.28. The molecular formula is C31H48N4O4. The second kappa shape index (κ2) is 13.6. The van der Waals surface area contributed by atoms with E-state index in [0.717, 1.165) is 64.7 Å². The lowest BCUT2D eigenvalue weighted by molar-refractivity contribution is -0.204. The summed E-state index contributed by atoms with van der Waals surface area (Å²) in [5.74, 6) is -0.420. The third kappa shape index (κ3) is 7.20. The predicted octanol–water partition coefficient (Wildman–Crippen LogP) is 4.24. The molecule has 0 aromatic heterocycles. The summed E-state index contributed by atoms with van der Waals surface area (Å²) in [5, 5.41) is 3.08. The van der Waals surface area contributed by atoms with Crippen molar-refractivity contribution in [1.29, 1.82) is 0 Å². The number of piperidine rings is 2. The summed E-state index contributed by atoms with van der Waals surface area (Å²) in [4.78, 5) is 33.9. The van der Waals surface area contributed by atoms with Gasteiger partial charge in [0.1, 0.15) is 0 Å². The predicted molar refractivity (Wildman–Crippen MR) is 151 cm³/mol. The molecule has 1 aromatic carbocycles. The minimum atomic E-state index is -0.488. The Morgan fingerprint density at radius 1 is 1.10 bits per heavy atom. The first-order valence-electron chi connectivity index (χ1n) is 15.4. The molecule has 0 bridgehead atoms. The normalized spacial score (nSPS) is 27.3. The Kier molecular flexibility index (Phi) is 9.93. The van der Waals surface area contributed by atoms with Gasteiger partial charge in [-0.25, -0.2) is 4.79 Å². The number of ether oxygens (including phenoxy) is 2. The van der Waals surface area contributed by atoms with Gasteiger partial charge >= 0.3 is 6.03 Å². The van der Waals surface area contributed by atoms with E-state index in [2.05, 4.69) is 46.3 Å². The summed E-state index contributed by atoms with van der Waals surface area (Å²) < 4.78 is 12.2. The number of rotatable bonds is 9. The zero-order valence-corrected chi connectivity index (χ0v) is 23.8. The molecule has 3 atom stereocenters. The Morgan fingerprint density at radius 3 is 2.62 bits per heavy atom. The van der Waals surface area contributed by atoms with E-state index < -0.39 is 5.79 Å². The van der Waals surface area contributed by atoms with Gasteiger partial charge in [0.2, 0.25) is 5.91 Å². The van der Waals surface area contributed by atoms with E-state index in [4.69, 9.17) is 9.47 Å². The first-order valence-corrected chi connectivity index (χ1v) is 15.4. The molecule has 39 heavy (non-hydrogen) atoms. The molecule has 3 amide bonds. The van der Waals surface area contributed by atoms with Crippen LogP contribution in [0, 0.1) is 11.8 Å². The summed E-state index contributed by atoms with van der Waals surface area (Å²) in [5.41, 5.74) is 1.26. The van der Waals surface area contributed by atoms with Gasteiger partial charge in [-0.3, -0.25) is 14.6 Å². The number of amides is 3. The van der Waals surface area contributed by atoms with Gasteiger partial charge in [0.05, 0.1) is 19.1 Å². The Morgan fingerprint density at radius 2 is 1.87 bits per heavy atom. The summed E-state index contributed by atoms with van der Waals surface area (Å²) in [6.45, 7) is 9.02. The van der Waals surface area contributed by atoms with Crippen molar-refractivity contribution in [2.45, 2.75) is 83.1 Å². The molecule has 8 nitrogen and oxygen atoms in total. The summed E-state index contributed by atoms with van der Waals surface area (Å²) in [7, 11) is 0. The van der Waals surface area contributed by atoms with Crippen LogP contribution in [-0.2, 0) is 20.8 Å². The van der Waals surface area contributed by atoms with Crippen LogP contribution in [0.3, 0.4) is 0 Å². The number of urea groups is 1. The number of imide groups is 1. The van der Waals surface area contributed by atoms with Crippen LogP contribution in [0.15, 0.2) is 30.3 Å². The van der Waals surface area contributed by atoms with E-state index in [9.17, 15) is 9.59 Å². The summed E-state index contributed by atoms with van der Waals surface area (Å²) in [6, 6.07) is 10.7. The highest BCUT2D eigenvalue weighted by Crippen LogP contribution is 2.46. The molecule has 5 rings (SSSR count). The molecule has 3 saturated heterocycles. The first-order chi connectivity index (χ1) is 19.1. The van der Waals surface area contributed by atoms with Crippen molar-refractivity contribution in [3.63, 3.8) is 0 Å². The standard InChI is InChI=1S/C31H48N4O4/c1-2-3-17-35(30(37)32-14-18-33-15-8-5-9-16-33)29(36)27-21-26-22-31(38-19-20-39-31)13-12-28(26)34(24-27)23-25-10-6-4-7-11-25/h4,6-7,10-11,26-28H,2-3,5,8-9,12-24H2,1H3,(H,32,37)/t26-,27-,28-/m1/s1. The number of fused-ring (bicyclic) bond motifs is 1. The van der Waals surface area contributed by atoms with Crippen LogP contribution in [0.5, 0.6) is 0 Å². The smallest absolute Gasteiger partial charge is 0.324 e. The number of hydrogen-bond acceptors (Lipinski definition) is 6. The average Bonchev–Trinajstić information content (AvgIpc) is 3.41. The maximum atomic E-state index is 14.1. The monoisotopic (exact) mass is 540 g/mol. The number of nitrogens with one attached hydrogen (secondary N) is 1. The van der Waals surface area contributed by atoms with Gasteiger partial charge in [0.25, 0.3) is 0 Å². The zero-order valence-electron chi connectivity index (χ0n) is 23.8. The number of carbonyl (C=O) groups excluding carboxylic acids is 2.